The summed E-state index contributed by atoms with van der Waals surface area (Å²) in [5, 5.41) is 3.55. The number of thiazole rings is 1. The molecule has 1 amide bonds. The van der Waals surface area contributed by atoms with Crippen LogP contribution in [0.25, 0.3) is 6.08 Å². The van der Waals surface area contributed by atoms with Crippen molar-refractivity contribution in [1.29, 1.82) is 0 Å². The number of nitrogen functional groups attached to an aromatic ring is 1. The van der Waals surface area contributed by atoms with Crippen molar-refractivity contribution in [2.75, 3.05) is 30.7 Å². The number of anilines is 2. The summed E-state index contributed by atoms with van der Waals surface area (Å²) < 4.78 is 0. The average molecular weight is 342 g/mol. The van der Waals surface area contributed by atoms with Crippen LogP contribution in [0.1, 0.15) is 23.1 Å². The molecule has 1 aliphatic rings. The first-order chi connectivity index (χ1) is 11.6. The quantitative estimate of drug-likeness (QED) is 0.896. The fourth-order valence-corrected chi connectivity index (χ4v) is 3.75. The van der Waals surface area contributed by atoms with Crippen LogP contribution in [0.4, 0.5) is 10.8 Å². The van der Waals surface area contributed by atoms with Crippen molar-refractivity contribution in [2.24, 2.45) is 0 Å². The predicted octanol–water partition coefficient (Wildman–Crippen LogP) is 2.80. The van der Waals surface area contributed by atoms with Crippen molar-refractivity contribution in [3.8, 4) is 0 Å². The number of fused-ring (bicyclic) bond motifs is 1. The summed E-state index contributed by atoms with van der Waals surface area (Å²) in [5.41, 5.74) is 8.83. The third-order valence-electron chi connectivity index (χ3n) is 4.05. The van der Waals surface area contributed by atoms with E-state index in [1.165, 1.54) is 17.5 Å². The molecular formula is C18H22N4OS. The highest BCUT2D eigenvalue weighted by molar-refractivity contribution is 7.15. The van der Waals surface area contributed by atoms with E-state index < -0.39 is 0 Å². The number of hydrogen-bond donors (Lipinski definition) is 2. The standard InChI is InChI=1S/C18H22N4OS/c1-13(23)20-15-7-3-2-5-14(15)6-4-10-22-11-8-16-17(9-12-22)24-18(19)21-16/h2-7H,8-12H2,1H3,(H2,19,21)(H,20,23)/b6-4+. The Kier molecular flexibility index (Phi) is 5.27. The minimum atomic E-state index is -0.0544. The molecule has 3 N–H and O–H groups in total. The Balaban J connectivity index is 1.59. The van der Waals surface area contributed by atoms with Crippen molar-refractivity contribution >= 4 is 34.1 Å². The van der Waals surface area contributed by atoms with Crippen molar-refractivity contribution in [1.82, 2.24) is 9.88 Å². The van der Waals surface area contributed by atoms with E-state index in [0.717, 1.165) is 43.7 Å². The molecule has 5 nitrogen and oxygen atoms in total. The normalized spacial score (nSPS) is 15.2. The lowest BCUT2D eigenvalue weighted by Crippen LogP contribution is -2.26. The molecule has 0 aliphatic carbocycles. The predicted molar refractivity (Wildman–Crippen MR) is 100 cm³/mol. The summed E-state index contributed by atoms with van der Waals surface area (Å²) in [6.45, 7) is 4.43. The zero-order chi connectivity index (χ0) is 16.9. The minimum Gasteiger partial charge on any atom is -0.375 e. The molecule has 3 rings (SSSR count). The summed E-state index contributed by atoms with van der Waals surface area (Å²) >= 11 is 1.62. The van der Waals surface area contributed by atoms with Crippen LogP contribution >= 0.6 is 11.3 Å². The van der Waals surface area contributed by atoms with E-state index >= 15 is 0 Å². The third-order valence-corrected chi connectivity index (χ3v) is 5.03. The maximum Gasteiger partial charge on any atom is 0.221 e. The molecule has 0 unspecified atom stereocenters. The van der Waals surface area contributed by atoms with Gasteiger partial charge in [-0.1, -0.05) is 30.4 Å². The van der Waals surface area contributed by atoms with Gasteiger partial charge in [0.1, 0.15) is 0 Å². The number of aromatic nitrogens is 1. The third kappa shape index (κ3) is 4.21. The molecule has 0 fully saturated rings. The molecular weight excluding hydrogens is 320 g/mol. The van der Waals surface area contributed by atoms with Crippen molar-refractivity contribution in [2.45, 2.75) is 19.8 Å². The van der Waals surface area contributed by atoms with Gasteiger partial charge in [-0.15, -0.1) is 11.3 Å². The fourth-order valence-electron chi connectivity index (χ4n) is 2.89. The first-order valence-electron chi connectivity index (χ1n) is 8.11. The summed E-state index contributed by atoms with van der Waals surface area (Å²) in [6, 6.07) is 7.83. The molecule has 2 heterocycles. The second-order valence-electron chi connectivity index (χ2n) is 5.89. The maximum atomic E-state index is 11.3. The molecule has 2 aromatic rings. The van der Waals surface area contributed by atoms with Gasteiger partial charge in [0.15, 0.2) is 5.13 Å². The zero-order valence-corrected chi connectivity index (χ0v) is 14.6. The molecule has 1 aromatic heterocycles. The van der Waals surface area contributed by atoms with Crippen LogP contribution in [0.5, 0.6) is 0 Å². The fraction of sp³-hybridized carbons (Fsp3) is 0.333. The van der Waals surface area contributed by atoms with Gasteiger partial charge < -0.3 is 11.1 Å². The number of rotatable bonds is 4. The second kappa shape index (κ2) is 7.59. The number of amides is 1. The van der Waals surface area contributed by atoms with E-state index in [1.54, 1.807) is 11.3 Å². The Morgan fingerprint density at radius 2 is 2.17 bits per heavy atom. The molecule has 0 radical (unpaired) electrons. The molecule has 0 bridgehead atoms. The number of carbonyl (C=O) groups excluding carboxylic acids is 1. The molecule has 126 valence electrons. The molecule has 6 heteroatoms. The van der Waals surface area contributed by atoms with Gasteiger partial charge in [-0.3, -0.25) is 9.69 Å². The Hall–Kier alpha value is -2.18. The van der Waals surface area contributed by atoms with Gasteiger partial charge in [0.2, 0.25) is 5.91 Å². The van der Waals surface area contributed by atoms with Crippen LogP contribution < -0.4 is 11.1 Å². The lowest BCUT2D eigenvalue weighted by Gasteiger charge is -2.17. The monoisotopic (exact) mass is 342 g/mol. The second-order valence-corrected chi connectivity index (χ2v) is 7.01. The van der Waals surface area contributed by atoms with Gasteiger partial charge in [-0.2, -0.15) is 0 Å². The lowest BCUT2D eigenvalue weighted by molar-refractivity contribution is -0.114. The van der Waals surface area contributed by atoms with Crippen LogP contribution in [-0.2, 0) is 17.6 Å². The topological polar surface area (TPSA) is 71.2 Å². The van der Waals surface area contributed by atoms with Crippen molar-refractivity contribution < 1.29 is 4.79 Å². The van der Waals surface area contributed by atoms with E-state index in [4.69, 9.17) is 5.73 Å². The highest BCUT2D eigenvalue weighted by Gasteiger charge is 2.16. The van der Waals surface area contributed by atoms with Crippen LogP contribution in [0, 0.1) is 0 Å². The summed E-state index contributed by atoms with van der Waals surface area (Å²) in [7, 11) is 0. The summed E-state index contributed by atoms with van der Waals surface area (Å²) in [5.74, 6) is -0.0544. The molecule has 1 aliphatic heterocycles. The highest BCUT2D eigenvalue weighted by atomic mass is 32.1. The van der Waals surface area contributed by atoms with Crippen LogP contribution in [-0.4, -0.2) is 35.4 Å². The molecule has 0 spiro atoms. The smallest absolute Gasteiger partial charge is 0.221 e. The van der Waals surface area contributed by atoms with Gasteiger partial charge in [-0.25, -0.2) is 4.98 Å². The Morgan fingerprint density at radius 3 is 3.00 bits per heavy atom. The zero-order valence-electron chi connectivity index (χ0n) is 13.8. The first-order valence-corrected chi connectivity index (χ1v) is 8.93. The SMILES string of the molecule is CC(=O)Nc1ccccc1/C=C/CN1CCc2nc(N)sc2CC1. The number of nitrogens with two attached hydrogens (primary N) is 1. The maximum absolute atomic E-state index is 11.3. The largest absolute Gasteiger partial charge is 0.375 e. The molecule has 0 saturated carbocycles. The van der Waals surface area contributed by atoms with Crippen LogP contribution in [0.3, 0.4) is 0 Å². The van der Waals surface area contributed by atoms with Gasteiger partial charge in [-0.05, 0) is 18.1 Å². The Labute approximate surface area is 146 Å². The highest BCUT2D eigenvalue weighted by Crippen LogP contribution is 2.24. The number of benzene rings is 1. The van der Waals surface area contributed by atoms with E-state index in [9.17, 15) is 4.79 Å². The number of nitrogens with zero attached hydrogens (tertiary/aromatic N) is 2. The summed E-state index contributed by atoms with van der Waals surface area (Å²) in [6.07, 6.45) is 6.20. The number of para-hydroxylation sites is 1. The number of nitrogens with one attached hydrogen (secondary N) is 1. The Bertz CT molecular complexity index is 728. The minimum absolute atomic E-state index is 0.0544. The van der Waals surface area contributed by atoms with Crippen LogP contribution in [0.15, 0.2) is 30.3 Å². The van der Waals surface area contributed by atoms with Crippen molar-refractivity contribution in [3.05, 3.63) is 46.5 Å². The van der Waals surface area contributed by atoms with E-state index in [-0.39, 0.29) is 5.91 Å². The van der Waals surface area contributed by atoms with Crippen LogP contribution in [0.2, 0.25) is 0 Å². The average Bonchev–Trinajstić information content (AvgIpc) is 2.80. The van der Waals surface area contributed by atoms with E-state index in [0.29, 0.717) is 5.13 Å². The summed E-state index contributed by atoms with van der Waals surface area (Å²) in [4.78, 5) is 19.4. The molecule has 24 heavy (non-hydrogen) atoms. The van der Waals surface area contributed by atoms with Gasteiger partial charge in [0.25, 0.3) is 0 Å². The number of hydrogen-bond acceptors (Lipinski definition) is 5. The van der Waals surface area contributed by atoms with Gasteiger partial charge >= 0.3 is 0 Å². The molecule has 0 saturated heterocycles. The lowest BCUT2D eigenvalue weighted by atomic mass is 10.1. The van der Waals surface area contributed by atoms with E-state index in [2.05, 4.69) is 27.4 Å². The number of carbonyl (C=O) groups is 1. The van der Waals surface area contributed by atoms with Gasteiger partial charge in [0, 0.05) is 43.5 Å². The first kappa shape index (κ1) is 16.7. The van der Waals surface area contributed by atoms with Gasteiger partial charge in [0.05, 0.1) is 5.69 Å². The molecule has 0 atom stereocenters. The molecule has 1 aromatic carbocycles. The van der Waals surface area contributed by atoms with E-state index in [1.807, 2.05) is 24.3 Å². The Morgan fingerprint density at radius 1 is 1.38 bits per heavy atom. The van der Waals surface area contributed by atoms with Crippen molar-refractivity contribution in [3.63, 3.8) is 0 Å².